The molecule has 62 valence electrons. The molecular formula is C8H5FNO2-. The Bertz CT molecular complexity index is 305. The Morgan fingerprint density at radius 1 is 1.58 bits per heavy atom. The summed E-state index contributed by atoms with van der Waals surface area (Å²) >= 11 is 0. The van der Waals surface area contributed by atoms with Gasteiger partial charge >= 0.3 is 0 Å². The SMILES string of the molecule is O=C([O-])/C=C/c1ccc(F)cn1. The summed E-state index contributed by atoms with van der Waals surface area (Å²) in [6, 6.07) is 2.57. The molecule has 0 radical (unpaired) electrons. The lowest BCUT2D eigenvalue weighted by molar-refractivity contribution is -0.297. The van der Waals surface area contributed by atoms with Crippen LogP contribution in [0.4, 0.5) is 4.39 Å². The number of hydrogen-bond acceptors (Lipinski definition) is 3. The van der Waals surface area contributed by atoms with Crippen molar-refractivity contribution in [3.8, 4) is 0 Å². The molecule has 0 aliphatic rings. The first-order chi connectivity index (χ1) is 5.68. The van der Waals surface area contributed by atoms with Crippen molar-refractivity contribution in [1.29, 1.82) is 0 Å². The van der Waals surface area contributed by atoms with Gasteiger partial charge in [-0.15, -0.1) is 0 Å². The Hall–Kier alpha value is -1.71. The molecule has 0 fully saturated rings. The number of aromatic nitrogens is 1. The van der Waals surface area contributed by atoms with Gasteiger partial charge in [0, 0.05) is 0 Å². The van der Waals surface area contributed by atoms with E-state index in [-0.39, 0.29) is 0 Å². The number of nitrogens with zero attached hydrogens (tertiary/aromatic N) is 1. The molecule has 4 heteroatoms. The summed E-state index contributed by atoms with van der Waals surface area (Å²) in [6.45, 7) is 0. The highest BCUT2D eigenvalue weighted by molar-refractivity contribution is 5.83. The minimum atomic E-state index is -1.30. The van der Waals surface area contributed by atoms with Crippen molar-refractivity contribution in [3.05, 3.63) is 35.9 Å². The minimum Gasteiger partial charge on any atom is -0.545 e. The van der Waals surface area contributed by atoms with Crippen LogP contribution < -0.4 is 5.11 Å². The highest BCUT2D eigenvalue weighted by Crippen LogP contribution is 1.99. The maximum absolute atomic E-state index is 12.3. The van der Waals surface area contributed by atoms with Crippen LogP contribution >= 0.6 is 0 Å². The summed E-state index contributed by atoms with van der Waals surface area (Å²) in [5.41, 5.74) is 0.376. The molecule has 0 atom stereocenters. The highest BCUT2D eigenvalue weighted by atomic mass is 19.1. The maximum atomic E-state index is 12.3. The smallest absolute Gasteiger partial charge is 0.141 e. The van der Waals surface area contributed by atoms with E-state index < -0.39 is 11.8 Å². The molecule has 3 nitrogen and oxygen atoms in total. The molecule has 12 heavy (non-hydrogen) atoms. The summed E-state index contributed by atoms with van der Waals surface area (Å²) in [4.78, 5) is 13.5. The molecule has 0 unspecified atom stereocenters. The molecule has 1 heterocycles. The lowest BCUT2D eigenvalue weighted by atomic mass is 10.3. The van der Waals surface area contributed by atoms with Gasteiger partial charge in [-0.25, -0.2) is 4.39 Å². The van der Waals surface area contributed by atoms with E-state index in [1.807, 2.05) is 0 Å². The van der Waals surface area contributed by atoms with Crippen molar-refractivity contribution in [1.82, 2.24) is 4.98 Å². The van der Waals surface area contributed by atoms with Gasteiger partial charge in [0.2, 0.25) is 0 Å². The number of pyridine rings is 1. The fraction of sp³-hybridized carbons (Fsp3) is 0. The zero-order chi connectivity index (χ0) is 8.97. The fourth-order valence-electron chi connectivity index (χ4n) is 0.639. The second kappa shape index (κ2) is 3.61. The first-order valence-corrected chi connectivity index (χ1v) is 3.19. The van der Waals surface area contributed by atoms with Crippen molar-refractivity contribution in [2.24, 2.45) is 0 Å². The van der Waals surface area contributed by atoms with Crippen molar-refractivity contribution < 1.29 is 14.3 Å². The van der Waals surface area contributed by atoms with Crippen LogP contribution in [-0.2, 0) is 4.79 Å². The van der Waals surface area contributed by atoms with Gasteiger partial charge in [0.25, 0.3) is 0 Å². The van der Waals surface area contributed by atoms with E-state index in [2.05, 4.69) is 4.98 Å². The Morgan fingerprint density at radius 3 is 2.83 bits per heavy atom. The van der Waals surface area contributed by atoms with Gasteiger partial charge in [-0.2, -0.15) is 0 Å². The molecule has 0 aliphatic carbocycles. The molecule has 0 bridgehead atoms. The normalized spacial score (nSPS) is 10.4. The molecule has 0 saturated heterocycles. The van der Waals surface area contributed by atoms with E-state index in [1.165, 1.54) is 18.2 Å². The van der Waals surface area contributed by atoms with E-state index >= 15 is 0 Å². The molecule has 0 amide bonds. The lowest BCUT2D eigenvalue weighted by Crippen LogP contribution is -2.18. The van der Waals surface area contributed by atoms with Gasteiger partial charge in [0.1, 0.15) is 5.82 Å². The maximum Gasteiger partial charge on any atom is 0.141 e. The Labute approximate surface area is 68.2 Å². The standard InChI is InChI=1S/C8H6FNO2/c9-6-1-2-7(10-5-6)3-4-8(11)12/h1-5H,(H,11,12)/p-1/b4-3+. The zero-order valence-corrected chi connectivity index (χ0v) is 6.03. The summed E-state index contributed by atoms with van der Waals surface area (Å²) in [7, 11) is 0. The van der Waals surface area contributed by atoms with Gasteiger partial charge in [-0.1, -0.05) is 0 Å². The predicted octanol–water partition coefficient (Wildman–Crippen LogP) is -0.0162. The second-order valence-corrected chi connectivity index (χ2v) is 2.05. The summed E-state index contributed by atoms with van der Waals surface area (Å²) in [5.74, 6) is -1.76. The van der Waals surface area contributed by atoms with Crippen LogP contribution in [0.15, 0.2) is 24.4 Å². The van der Waals surface area contributed by atoms with Crippen molar-refractivity contribution in [3.63, 3.8) is 0 Å². The first-order valence-electron chi connectivity index (χ1n) is 3.19. The average molecular weight is 166 g/mol. The highest BCUT2D eigenvalue weighted by Gasteiger charge is 1.89. The minimum absolute atomic E-state index is 0.376. The monoisotopic (exact) mass is 166 g/mol. The van der Waals surface area contributed by atoms with Crippen LogP contribution in [0.3, 0.4) is 0 Å². The van der Waals surface area contributed by atoms with Crippen LogP contribution in [0.2, 0.25) is 0 Å². The quantitative estimate of drug-likeness (QED) is 0.580. The molecule has 0 N–H and O–H groups in total. The third-order valence-corrected chi connectivity index (χ3v) is 1.14. The number of carbonyl (C=O) groups is 1. The van der Waals surface area contributed by atoms with Gasteiger partial charge in [-0.05, 0) is 24.3 Å². The molecule has 1 aromatic rings. The second-order valence-electron chi connectivity index (χ2n) is 2.05. The van der Waals surface area contributed by atoms with Crippen LogP contribution in [-0.4, -0.2) is 11.0 Å². The number of carboxylic acid groups (broad SMARTS) is 1. The van der Waals surface area contributed by atoms with Crippen LogP contribution in [0.1, 0.15) is 5.69 Å². The topological polar surface area (TPSA) is 53.0 Å². The Balaban J connectivity index is 2.77. The number of aliphatic carboxylic acids is 1. The van der Waals surface area contributed by atoms with E-state index in [1.54, 1.807) is 0 Å². The molecule has 0 spiro atoms. The molecule has 1 aromatic heterocycles. The molecule has 0 aromatic carbocycles. The van der Waals surface area contributed by atoms with E-state index in [4.69, 9.17) is 0 Å². The fourth-order valence-corrected chi connectivity index (χ4v) is 0.639. The lowest BCUT2D eigenvalue weighted by Gasteiger charge is -1.92. The number of carboxylic acids is 1. The Kier molecular flexibility index (Phi) is 2.53. The number of hydrogen-bond donors (Lipinski definition) is 0. The van der Waals surface area contributed by atoms with Gasteiger partial charge in [0.15, 0.2) is 0 Å². The van der Waals surface area contributed by atoms with Crippen molar-refractivity contribution in [2.75, 3.05) is 0 Å². The third-order valence-electron chi connectivity index (χ3n) is 1.14. The summed E-state index contributed by atoms with van der Waals surface area (Å²) in [6.07, 6.45) is 3.07. The van der Waals surface area contributed by atoms with Gasteiger partial charge in [0.05, 0.1) is 17.9 Å². The number of carbonyl (C=O) groups excluding carboxylic acids is 1. The van der Waals surface area contributed by atoms with E-state index in [9.17, 15) is 14.3 Å². The average Bonchev–Trinajstić information content (AvgIpc) is 2.03. The van der Waals surface area contributed by atoms with Gasteiger partial charge in [-0.3, -0.25) is 4.98 Å². The molecule has 0 saturated carbocycles. The Morgan fingerprint density at radius 2 is 2.33 bits per heavy atom. The number of halogens is 1. The largest absolute Gasteiger partial charge is 0.545 e. The first kappa shape index (κ1) is 8.39. The van der Waals surface area contributed by atoms with Crippen LogP contribution in [0, 0.1) is 5.82 Å². The summed E-state index contributed by atoms with van der Waals surface area (Å²) in [5, 5.41) is 9.94. The van der Waals surface area contributed by atoms with Crippen LogP contribution in [0.5, 0.6) is 0 Å². The van der Waals surface area contributed by atoms with Crippen molar-refractivity contribution >= 4 is 12.0 Å². The van der Waals surface area contributed by atoms with Gasteiger partial charge < -0.3 is 9.90 Å². The third kappa shape index (κ3) is 2.49. The van der Waals surface area contributed by atoms with Crippen molar-refractivity contribution in [2.45, 2.75) is 0 Å². The molecule has 0 aliphatic heterocycles. The van der Waals surface area contributed by atoms with E-state index in [0.29, 0.717) is 5.69 Å². The molecule has 1 rings (SSSR count). The zero-order valence-electron chi connectivity index (χ0n) is 6.03. The summed E-state index contributed by atoms with van der Waals surface area (Å²) < 4.78 is 12.3. The van der Waals surface area contributed by atoms with Crippen LogP contribution in [0.25, 0.3) is 6.08 Å². The predicted molar refractivity (Wildman–Crippen MR) is 38.2 cm³/mol. The molecular weight excluding hydrogens is 161 g/mol. The number of rotatable bonds is 2. The van der Waals surface area contributed by atoms with E-state index in [0.717, 1.165) is 12.3 Å².